The van der Waals surface area contributed by atoms with Crippen LogP contribution in [-0.2, 0) is 11.3 Å². The molecule has 0 radical (unpaired) electrons. The first-order valence-corrected chi connectivity index (χ1v) is 9.82. The Morgan fingerprint density at radius 1 is 1.04 bits per heavy atom. The summed E-state index contributed by atoms with van der Waals surface area (Å²) in [6.07, 6.45) is 0.426. The predicted molar refractivity (Wildman–Crippen MR) is 114 cm³/mol. The minimum atomic E-state index is 0.0138. The van der Waals surface area contributed by atoms with Crippen molar-refractivity contribution in [3.63, 3.8) is 0 Å². The number of anilines is 2. The molecule has 1 aliphatic rings. The molecule has 28 heavy (non-hydrogen) atoms. The van der Waals surface area contributed by atoms with Crippen LogP contribution < -0.4 is 20.3 Å². The number of amides is 1. The summed E-state index contributed by atoms with van der Waals surface area (Å²) in [4.78, 5) is 16.9. The number of rotatable bonds is 8. The first-order chi connectivity index (χ1) is 13.7. The highest BCUT2D eigenvalue weighted by molar-refractivity contribution is 5.91. The highest BCUT2D eigenvalue weighted by Gasteiger charge is 2.14. The van der Waals surface area contributed by atoms with E-state index in [1.807, 2.05) is 36.4 Å². The summed E-state index contributed by atoms with van der Waals surface area (Å²) in [6.45, 7) is 5.54. The largest absolute Gasteiger partial charge is 0.496 e. The van der Waals surface area contributed by atoms with Gasteiger partial charge in [-0.3, -0.25) is 4.79 Å². The molecule has 0 bridgehead atoms. The molecule has 2 aromatic rings. The van der Waals surface area contributed by atoms with E-state index in [4.69, 9.17) is 4.74 Å². The monoisotopic (exact) mass is 382 g/mol. The van der Waals surface area contributed by atoms with E-state index < -0.39 is 0 Å². The maximum Gasteiger partial charge on any atom is 0.225 e. The molecule has 0 atom stereocenters. The minimum absolute atomic E-state index is 0.0138. The van der Waals surface area contributed by atoms with Gasteiger partial charge in [0.1, 0.15) is 5.75 Å². The van der Waals surface area contributed by atoms with Gasteiger partial charge in [0.25, 0.3) is 0 Å². The Bertz CT molecular complexity index is 755. The number of hydrogen-bond acceptors (Lipinski definition) is 5. The van der Waals surface area contributed by atoms with Gasteiger partial charge in [-0.1, -0.05) is 18.2 Å². The van der Waals surface area contributed by atoms with Crippen LogP contribution in [0.25, 0.3) is 0 Å². The zero-order valence-electron chi connectivity index (χ0n) is 16.8. The van der Waals surface area contributed by atoms with Gasteiger partial charge in [0.15, 0.2) is 0 Å². The molecular formula is C22H30N4O2. The maximum atomic E-state index is 12.2. The molecule has 0 spiro atoms. The number of benzene rings is 2. The standard InChI is InChI=1S/C22H30N4O2/c1-25-13-15-26(16-14-25)20-9-7-19(8-10-20)24-22(27)11-12-23-17-18-5-3-4-6-21(18)28-2/h3-10,23H,11-17H2,1-2H3,(H,24,27). The van der Waals surface area contributed by atoms with Crippen molar-refractivity contribution in [2.75, 3.05) is 57.1 Å². The van der Waals surface area contributed by atoms with Crippen molar-refractivity contribution in [3.05, 3.63) is 54.1 Å². The van der Waals surface area contributed by atoms with E-state index in [1.165, 1.54) is 5.69 Å². The van der Waals surface area contributed by atoms with Gasteiger partial charge in [0.2, 0.25) is 5.91 Å². The van der Waals surface area contributed by atoms with Crippen molar-refractivity contribution >= 4 is 17.3 Å². The zero-order valence-corrected chi connectivity index (χ0v) is 16.8. The highest BCUT2D eigenvalue weighted by Crippen LogP contribution is 2.19. The van der Waals surface area contributed by atoms with Gasteiger partial charge in [0, 0.05) is 62.6 Å². The van der Waals surface area contributed by atoms with Gasteiger partial charge in [0.05, 0.1) is 7.11 Å². The molecule has 1 saturated heterocycles. The van der Waals surface area contributed by atoms with E-state index in [0.717, 1.165) is 43.2 Å². The van der Waals surface area contributed by atoms with Crippen molar-refractivity contribution < 1.29 is 9.53 Å². The van der Waals surface area contributed by atoms with E-state index >= 15 is 0 Å². The topological polar surface area (TPSA) is 56.8 Å². The molecule has 2 N–H and O–H groups in total. The minimum Gasteiger partial charge on any atom is -0.496 e. The highest BCUT2D eigenvalue weighted by atomic mass is 16.5. The Labute approximate surface area is 167 Å². The van der Waals surface area contributed by atoms with Crippen molar-refractivity contribution in [1.29, 1.82) is 0 Å². The fraction of sp³-hybridized carbons (Fsp3) is 0.409. The summed E-state index contributed by atoms with van der Waals surface area (Å²) >= 11 is 0. The zero-order chi connectivity index (χ0) is 19.8. The quantitative estimate of drug-likeness (QED) is 0.688. The molecule has 6 heteroatoms. The van der Waals surface area contributed by atoms with Crippen molar-refractivity contribution in [2.24, 2.45) is 0 Å². The summed E-state index contributed by atoms with van der Waals surface area (Å²) < 4.78 is 5.34. The predicted octanol–water partition coefficient (Wildman–Crippen LogP) is 2.57. The van der Waals surface area contributed by atoms with Gasteiger partial charge >= 0.3 is 0 Å². The van der Waals surface area contributed by atoms with Gasteiger partial charge in [-0.05, 0) is 37.4 Å². The molecule has 0 aromatic heterocycles. The van der Waals surface area contributed by atoms with Crippen LogP contribution in [0.15, 0.2) is 48.5 Å². The molecule has 1 amide bonds. The molecule has 1 aliphatic heterocycles. The number of hydrogen-bond donors (Lipinski definition) is 2. The molecule has 150 valence electrons. The summed E-state index contributed by atoms with van der Waals surface area (Å²) in [7, 11) is 3.82. The van der Waals surface area contributed by atoms with Crippen LogP contribution in [0.5, 0.6) is 5.75 Å². The number of carbonyl (C=O) groups is 1. The number of likely N-dealkylation sites (N-methyl/N-ethyl adjacent to an activating group) is 1. The third kappa shape index (κ3) is 5.71. The lowest BCUT2D eigenvalue weighted by Gasteiger charge is -2.34. The molecular weight excluding hydrogens is 352 g/mol. The molecule has 6 nitrogen and oxygen atoms in total. The van der Waals surface area contributed by atoms with E-state index in [1.54, 1.807) is 7.11 Å². The number of para-hydroxylation sites is 1. The van der Waals surface area contributed by atoms with Crippen LogP contribution in [0, 0.1) is 0 Å². The first-order valence-electron chi connectivity index (χ1n) is 9.82. The summed E-state index contributed by atoms with van der Waals surface area (Å²) in [5.74, 6) is 0.875. The number of nitrogens with zero attached hydrogens (tertiary/aromatic N) is 2. The molecule has 1 heterocycles. The van der Waals surface area contributed by atoms with Crippen molar-refractivity contribution in [1.82, 2.24) is 10.2 Å². The van der Waals surface area contributed by atoms with E-state index in [-0.39, 0.29) is 5.91 Å². The van der Waals surface area contributed by atoms with E-state index in [0.29, 0.717) is 19.5 Å². The van der Waals surface area contributed by atoms with Crippen molar-refractivity contribution in [2.45, 2.75) is 13.0 Å². The molecule has 3 rings (SSSR count). The molecule has 0 unspecified atom stereocenters. The summed E-state index contributed by atoms with van der Waals surface area (Å²) in [5, 5.41) is 6.27. The Balaban J connectivity index is 1.40. The Morgan fingerprint density at radius 2 is 1.75 bits per heavy atom. The smallest absolute Gasteiger partial charge is 0.225 e. The van der Waals surface area contributed by atoms with Gasteiger partial charge in [-0.25, -0.2) is 0 Å². The number of piperazine rings is 1. The lowest BCUT2D eigenvalue weighted by molar-refractivity contribution is -0.116. The van der Waals surface area contributed by atoms with Crippen LogP contribution in [0.3, 0.4) is 0 Å². The molecule has 0 saturated carbocycles. The normalized spacial score (nSPS) is 14.7. The van der Waals surface area contributed by atoms with Crippen LogP contribution in [-0.4, -0.2) is 57.7 Å². The second kappa shape index (κ2) is 10.1. The maximum absolute atomic E-state index is 12.2. The number of methoxy groups -OCH3 is 1. The fourth-order valence-electron chi connectivity index (χ4n) is 3.32. The SMILES string of the molecule is COc1ccccc1CNCCC(=O)Nc1ccc(N2CCN(C)CC2)cc1. The van der Waals surface area contributed by atoms with Crippen molar-refractivity contribution in [3.8, 4) is 5.75 Å². The Morgan fingerprint density at radius 3 is 2.46 bits per heavy atom. The number of carbonyl (C=O) groups excluding carboxylic acids is 1. The third-order valence-electron chi connectivity index (χ3n) is 5.06. The number of nitrogens with one attached hydrogen (secondary N) is 2. The van der Waals surface area contributed by atoms with E-state index in [9.17, 15) is 4.79 Å². The second-order valence-electron chi connectivity index (χ2n) is 7.12. The average molecular weight is 383 g/mol. The summed E-state index contributed by atoms with van der Waals surface area (Å²) in [5.41, 5.74) is 3.14. The van der Waals surface area contributed by atoms with Crippen LogP contribution >= 0.6 is 0 Å². The van der Waals surface area contributed by atoms with Gasteiger partial charge in [-0.2, -0.15) is 0 Å². The Kier molecular flexibility index (Phi) is 7.28. The lowest BCUT2D eigenvalue weighted by atomic mass is 10.2. The second-order valence-corrected chi connectivity index (χ2v) is 7.12. The van der Waals surface area contributed by atoms with Gasteiger partial charge < -0.3 is 25.2 Å². The van der Waals surface area contributed by atoms with Crippen LogP contribution in [0.2, 0.25) is 0 Å². The lowest BCUT2D eigenvalue weighted by Crippen LogP contribution is -2.44. The van der Waals surface area contributed by atoms with Crippen LogP contribution in [0.4, 0.5) is 11.4 Å². The summed E-state index contributed by atoms with van der Waals surface area (Å²) in [6, 6.07) is 16.0. The first kappa shape index (κ1) is 20.2. The van der Waals surface area contributed by atoms with Gasteiger partial charge in [-0.15, -0.1) is 0 Å². The fourth-order valence-corrected chi connectivity index (χ4v) is 3.32. The Hall–Kier alpha value is -2.57. The average Bonchev–Trinajstić information content (AvgIpc) is 2.73. The molecule has 0 aliphatic carbocycles. The third-order valence-corrected chi connectivity index (χ3v) is 5.06. The van der Waals surface area contributed by atoms with Crippen LogP contribution in [0.1, 0.15) is 12.0 Å². The molecule has 1 fully saturated rings. The van der Waals surface area contributed by atoms with E-state index in [2.05, 4.69) is 39.6 Å². The number of ether oxygens (including phenoxy) is 1. The molecule has 2 aromatic carbocycles.